The van der Waals surface area contributed by atoms with Gasteiger partial charge in [0.05, 0.1) is 17.0 Å². The molecule has 4 aliphatic rings. The summed E-state index contributed by atoms with van der Waals surface area (Å²) in [5.41, 5.74) is -0.254. The molecule has 0 unspecified atom stereocenters. The predicted octanol–water partition coefficient (Wildman–Crippen LogP) is 2.80. The van der Waals surface area contributed by atoms with Crippen molar-refractivity contribution in [3.05, 3.63) is 58.9 Å². The molecule has 2 amide bonds. The quantitative estimate of drug-likeness (QED) is 0.694. The number of nitrogens with one attached hydrogen (secondary N) is 2. The van der Waals surface area contributed by atoms with E-state index in [0.717, 1.165) is 6.07 Å². The van der Waals surface area contributed by atoms with E-state index in [9.17, 15) is 18.8 Å². The van der Waals surface area contributed by atoms with Gasteiger partial charge in [0.15, 0.2) is 18.5 Å². The van der Waals surface area contributed by atoms with Crippen LogP contribution in [0, 0.1) is 5.82 Å². The molecule has 3 fully saturated rings. The maximum Gasteiger partial charge on any atom is 0.261 e. The van der Waals surface area contributed by atoms with Crippen LogP contribution in [0.2, 0.25) is 5.02 Å². The van der Waals surface area contributed by atoms with Gasteiger partial charge >= 0.3 is 0 Å². The summed E-state index contributed by atoms with van der Waals surface area (Å²) in [6, 6.07) is 10.9. The van der Waals surface area contributed by atoms with Crippen molar-refractivity contribution in [3.8, 4) is 11.5 Å². The van der Waals surface area contributed by atoms with Gasteiger partial charge in [-0.3, -0.25) is 14.4 Å². The van der Waals surface area contributed by atoms with Crippen molar-refractivity contribution in [1.29, 1.82) is 0 Å². The molecule has 0 radical (unpaired) electrons. The van der Waals surface area contributed by atoms with Crippen LogP contribution < -0.4 is 20.1 Å². The molecule has 1 aliphatic heterocycles. The minimum Gasteiger partial charge on any atom is -0.484 e. The maximum atomic E-state index is 13.4. The van der Waals surface area contributed by atoms with Crippen molar-refractivity contribution < 1.29 is 28.2 Å². The van der Waals surface area contributed by atoms with Crippen LogP contribution >= 0.6 is 11.6 Å². The number of fused-ring (bicyclic) bond motifs is 1. The van der Waals surface area contributed by atoms with E-state index in [1.54, 1.807) is 24.3 Å². The number of amides is 2. The fourth-order valence-corrected chi connectivity index (χ4v) is 4.98. The molecule has 2 bridgehead atoms. The first-order valence-electron chi connectivity index (χ1n) is 10.3. The lowest BCUT2D eigenvalue weighted by molar-refractivity contribution is -0.154. The average molecular weight is 459 g/mol. The maximum absolute atomic E-state index is 13.4. The van der Waals surface area contributed by atoms with Gasteiger partial charge in [-0.1, -0.05) is 23.7 Å². The minimum absolute atomic E-state index is 0.00341. The third-order valence-electron chi connectivity index (χ3n) is 6.20. The van der Waals surface area contributed by atoms with Gasteiger partial charge in [-0.25, -0.2) is 4.39 Å². The zero-order valence-electron chi connectivity index (χ0n) is 17.0. The molecule has 0 aromatic heterocycles. The van der Waals surface area contributed by atoms with Crippen molar-refractivity contribution in [3.63, 3.8) is 0 Å². The Morgan fingerprint density at radius 3 is 2.59 bits per heavy atom. The number of ether oxygens (including phenoxy) is 2. The van der Waals surface area contributed by atoms with Crippen molar-refractivity contribution in [2.75, 3.05) is 6.61 Å². The Kier molecular flexibility index (Phi) is 4.85. The molecular formula is C23H20ClFN2O5. The molecule has 9 heteroatoms. The molecule has 166 valence electrons. The highest BCUT2D eigenvalue weighted by Crippen LogP contribution is 2.60. The highest BCUT2D eigenvalue weighted by atomic mass is 35.5. The average Bonchev–Trinajstić information content (AvgIpc) is 2.72. The molecule has 3 saturated carbocycles. The first-order chi connectivity index (χ1) is 15.3. The lowest BCUT2D eigenvalue weighted by Crippen LogP contribution is -2.84. The Hall–Kier alpha value is -3.13. The molecule has 0 spiro atoms. The summed E-state index contributed by atoms with van der Waals surface area (Å²) in [5.74, 6) is -0.737. The number of carbonyl (C=O) groups is 3. The summed E-state index contributed by atoms with van der Waals surface area (Å²) < 4.78 is 24.5. The molecule has 32 heavy (non-hydrogen) atoms. The third kappa shape index (κ3) is 3.68. The summed E-state index contributed by atoms with van der Waals surface area (Å²) in [7, 11) is 0. The van der Waals surface area contributed by atoms with Crippen LogP contribution in [0.15, 0.2) is 42.5 Å². The Morgan fingerprint density at radius 1 is 1.12 bits per heavy atom. The van der Waals surface area contributed by atoms with E-state index in [1.807, 2.05) is 0 Å². The van der Waals surface area contributed by atoms with Gasteiger partial charge < -0.3 is 20.1 Å². The van der Waals surface area contributed by atoms with E-state index in [4.69, 9.17) is 21.1 Å². The molecule has 1 heterocycles. The number of hydrogen-bond donors (Lipinski definition) is 2. The van der Waals surface area contributed by atoms with Gasteiger partial charge in [0.25, 0.3) is 11.8 Å². The van der Waals surface area contributed by atoms with Gasteiger partial charge in [0.2, 0.25) is 0 Å². The van der Waals surface area contributed by atoms with Gasteiger partial charge in [-0.2, -0.15) is 0 Å². The fourth-order valence-electron chi connectivity index (χ4n) is 4.86. The Balaban J connectivity index is 1.10. The Bertz CT molecular complexity index is 1120. The Labute approximate surface area is 188 Å². The van der Waals surface area contributed by atoms with Crippen LogP contribution in [0.3, 0.4) is 0 Å². The highest BCUT2D eigenvalue weighted by Gasteiger charge is 2.69. The van der Waals surface area contributed by atoms with Gasteiger partial charge in [0, 0.05) is 17.1 Å². The van der Waals surface area contributed by atoms with Crippen LogP contribution in [0.25, 0.3) is 0 Å². The summed E-state index contributed by atoms with van der Waals surface area (Å²) >= 11 is 5.63. The fraction of sp³-hybridized carbons (Fsp3) is 0.348. The molecule has 2 aromatic rings. The van der Waals surface area contributed by atoms with E-state index in [2.05, 4.69) is 10.6 Å². The molecule has 2 N–H and O–H groups in total. The molecular weight excluding hydrogens is 439 g/mol. The molecule has 1 atom stereocenters. The van der Waals surface area contributed by atoms with Crippen LogP contribution in [0.4, 0.5) is 4.39 Å². The molecule has 6 rings (SSSR count). The largest absolute Gasteiger partial charge is 0.484 e. The lowest BCUT2D eigenvalue weighted by atomic mass is 9.44. The number of carbonyl (C=O) groups excluding carboxylic acids is 3. The summed E-state index contributed by atoms with van der Waals surface area (Å²) in [6.07, 6.45) is 0.952. The van der Waals surface area contributed by atoms with Gasteiger partial charge in [0.1, 0.15) is 17.3 Å². The van der Waals surface area contributed by atoms with Crippen molar-refractivity contribution in [2.45, 2.75) is 42.9 Å². The number of benzene rings is 2. The third-order valence-corrected chi connectivity index (χ3v) is 6.51. The molecule has 2 aromatic carbocycles. The van der Waals surface area contributed by atoms with E-state index in [1.165, 1.54) is 12.1 Å². The number of para-hydroxylation sites is 1. The highest BCUT2D eigenvalue weighted by molar-refractivity contribution is 6.30. The zero-order chi connectivity index (χ0) is 22.5. The van der Waals surface area contributed by atoms with Crippen LogP contribution in [0.1, 0.15) is 36.0 Å². The second-order valence-electron chi connectivity index (χ2n) is 8.72. The van der Waals surface area contributed by atoms with E-state index in [0.29, 0.717) is 30.6 Å². The summed E-state index contributed by atoms with van der Waals surface area (Å²) in [5, 5.41) is 5.91. The van der Waals surface area contributed by atoms with Crippen molar-refractivity contribution in [1.82, 2.24) is 10.6 Å². The first-order valence-corrected chi connectivity index (χ1v) is 10.6. The number of rotatable bonds is 6. The standard InChI is InChI=1S/C23H20ClFN2O5/c24-15-6-5-13(7-16(15)25)31-9-20(29)26-22-10-23(11-22,12-22)27-21(30)19-8-17(28)14-3-1-2-4-18(14)32-19/h1-7,19H,8-12H2,(H,26,29)(H,27,30)/t19-,22?,23?/m0/s1. The number of ketones is 1. The Morgan fingerprint density at radius 2 is 1.84 bits per heavy atom. The second-order valence-corrected chi connectivity index (χ2v) is 9.13. The van der Waals surface area contributed by atoms with Crippen LogP contribution in [0.5, 0.6) is 11.5 Å². The second kappa shape index (κ2) is 7.48. The van der Waals surface area contributed by atoms with E-state index >= 15 is 0 Å². The SMILES string of the molecule is O=C(COc1ccc(Cl)c(F)c1)NC12CC(NC(=O)[C@@H]3CC(=O)c4ccccc4O3)(C1)C2. The molecule has 0 saturated heterocycles. The molecule has 3 aliphatic carbocycles. The van der Waals surface area contributed by atoms with Gasteiger partial charge in [-0.05, 0) is 43.5 Å². The first kappa shape index (κ1) is 20.8. The van der Waals surface area contributed by atoms with Gasteiger partial charge in [-0.15, -0.1) is 0 Å². The topological polar surface area (TPSA) is 93.7 Å². The number of Topliss-reactive ketones (excluding diaryl/α,β-unsaturated/α-hetero) is 1. The van der Waals surface area contributed by atoms with Crippen molar-refractivity contribution >= 4 is 29.2 Å². The van der Waals surface area contributed by atoms with Crippen LogP contribution in [-0.2, 0) is 9.59 Å². The monoisotopic (exact) mass is 458 g/mol. The minimum atomic E-state index is -0.856. The number of halogens is 2. The zero-order valence-corrected chi connectivity index (χ0v) is 17.7. The van der Waals surface area contributed by atoms with Crippen molar-refractivity contribution in [2.24, 2.45) is 0 Å². The van der Waals surface area contributed by atoms with E-state index in [-0.39, 0.29) is 52.5 Å². The summed E-state index contributed by atoms with van der Waals surface area (Å²) in [4.78, 5) is 37.2. The summed E-state index contributed by atoms with van der Waals surface area (Å²) in [6.45, 7) is -0.250. The van der Waals surface area contributed by atoms with Crippen LogP contribution in [-0.4, -0.2) is 41.4 Å². The molecule has 7 nitrogen and oxygen atoms in total. The van der Waals surface area contributed by atoms with E-state index < -0.39 is 11.9 Å². The lowest BCUT2D eigenvalue weighted by Gasteiger charge is -2.70. The number of hydrogen-bond acceptors (Lipinski definition) is 5. The normalized spacial score (nSPS) is 27.2. The predicted molar refractivity (Wildman–Crippen MR) is 112 cm³/mol. The smallest absolute Gasteiger partial charge is 0.261 e.